The SMILES string of the molecule is Cc1ccc(F)c(-c2cc(Nc3ccncc3C(=O)O)c3n(c2=O)CCCN3C)c1. The third-order valence-electron chi connectivity index (χ3n) is 5.23. The van der Waals surface area contributed by atoms with Crippen LogP contribution in [0.3, 0.4) is 0 Å². The number of hydrogen-bond donors (Lipinski definition) is 2. The highest BCUT2D eigenvalue weighted by molar-refractivity contribution is 5.95. The zero-order valence-electron chi connectivity index (χ0n) is 16.6. The quantitative estimate of drug-likeness (QED) is 0.685. The Morgan fingerprint density at radius 1 is 1.17 bits per heavy atom. The summed E-state index contributed by atoms with van der Waals surface area (Å²) in [7, 11) is 1.87. The normalized spacial score (nSPS) is 13.1. The van der Waals surface area contributed by atoms with Crippen molar-refractivity contribution in [2.75, 3.05) is 23.8 Å². The molecule has 30 heavy (non-hydrogen) atoms. The molecule has 1 aliphatic heterocycles. The minimum atomic E-state index is -1.12. The number of benzene rings is 1. The van der Waals surface area contributed by atoms with Crippen LogP contribution in [-0.4, -0.2) is 34.2 Å². The summed E-state index contributed by atoms with van der Waals surface area (Å²) in [5.74, 6) is -0.967. The van der Waals surface area contributed by atoms with E-state index >= 15 is 0 Å². The summed E-state index contributed by atoms with van der Waals surface area (Å²) in [5, 5.41) is 12.6. The molecule has 4 rings (SSSR count). The Morgan fingerprint density at radius 2 is 1.97 bits per heavy atom. The van der Waals surface area contributed by atoms with Gasteiger partial charge in [0, 0.05) is 38.1 Å². The first-order valence-corrected chi connectivity index (χ1v) is 9.56. The summed E-state index contributed by atoms with van der Waals surface area (Å²) in [4.78, 5) is 30.6. The van der Waals surface area contributed by atoms with E-state index in [-0.39, 0.29) is 22.2 Å². The number of aromatic nitrogens is 2. The zero-order valence-corrected chi connectivity index (χ0v) is 16.6. The Bertz CT molecular complexity index is 1210. The number of carboxylic acid groups (broad SMARTS) is 1. The molecule has 3 heterocycles. The van der Waals surface area contributed by atoms with Gasteiger partial charge in [-0.2, -0.15) is 0 Å². The standard InChI is InChI=1S/C22H21FN4O3/c1-13-4-5-17(23)14(10-13)15-11-19(20-26(2)8-3-9-27(20)21(15)28)25-18-6-7-24-12-16(18)22(29)30/h4-7,10-12H,3,8-9H2,1-2H3,(H,24,25)(H,29,30). The molecule has 1 aliphatic rings. The lowest BCUT2D eigenvalue weighted by Crippen LogP contribution is -2.36. The molecule has 8 heteroatoms. The van der Waals surface area contributed by atoms with Crippen LogP contribution in [0.5, 0.6) is 0 Å². The molecule has 0 saturated heterocycles. The third-order valence-corrected chi connectivity index (χ3v) is 5.23. The highest BCUT2D eigenvalue weighted by atomic mass is 19.1. The van der Waals surface area contributed by atoms with Crippen LogP contribution >= 0.6 is 0 Å². The van der Waals surface area contributed by atoms with Gasteiger partial charge in [-0.05, 0) is 37.6 Å². The third kappa shape index (κ3) is 3.41. The fourth-order valence-electron chi connectivity index (χ4n) is 3.80. The molecular weight excluding hydrogens is 387 g/mol. The van der Waals surface area contributed by atoms with Crippen LogP contribution in [0.15, 0.2) is 47.5 Å². The number of nitrogens with one attached hydrogen (secondary N) is 1. The Labute approximate surface area is 172 Å². The second kappa shape index (κ2) is 7.62. The minimum Gasteiger partial charge on any atom is -0.478 e. The maximum absolute atomic E-state index is 14.6. The van der Waals surface area contributed by atoms with Crippen molar-refractivity contribution < 1.29 is 14.3 Å². The topological polar surface area (TPSA) is 87.5 Å². The first-order chi connectivity index (χ1) is 14.4. The van der Waals surface area contributed by atoms with Crippen molar-refractivity contribution in [2.45, 2.75) is 19.9 Å². The van der Waals surface area contributed by atoms with Gasteiger partial charge in [0.1, 0.15) is 17.2 Å². The molecule has 0 fully saturated rings. The van der Waals surface area contributed by atoms with Crippen molar-refractivity contribution in [1.82, 2.24) is 9.55 Å². The summed E-state index contributed by atoms with van der Waals surface area (Å²) in [5.41, 5.74) is 1.88. The van der Waals surface area contributed by atoms with Gasteiger partial charge in [0.05, 0.1) is 16.9 Å². The predicted octanol–water partition coefficient (Wildman–Crippen LogP) is 3.64. The molecular formula is C22H21FN4O3. The molecule has 1 aromatic carbocycles. The van der Waals surface area contributed by atoms with Crippen LogP contribution in [0, 0.1) is 12.7 Å². The first kappa shape index (κ1) is 19.6. The van der Waals surface area contributed by atoms with E-state index in [9.17, 15) is 19.1 Å². The number of carbonyl (C=O) groups is 1. The number of hydrogen-bond acceptors (Lipinski definition) is 5. The monoisotopic (exact) mass is 408 g/mol. The van der Waals surface area contributed by atoms with Gasteiger partial charge < -0.3 is 15.3 Å². The summed E-state index contributed by atoms with van der Waals surface area (Å²) in [6.07, 6.45) is 3.52. The van der Waals surface area contributed by atoms with Crippen LogP contribution in [0.4, 0.5) is 21.6 Å². The predicted molar refractivity (Wildman–Crippen MR) is 113 cm³/mol. The smallest absolute Gasteiger partial charge is 0.339 e. The summed E-state index contributed by atoms with van der Waals surface area (Å²) in [6, 6.07) is 7.79. The summed E-state index contributed by atoms with van der Waals surface area (Å²) >= 11 is 0. The maximum atomic E-state index is 14.6. The van der Waals surface area contributed by atoms with E-state index in [1.165, 1.54) is 18.5 Å². The van der Waals surface area contributed by atoms with E-state index in [1.54, 1.807) is 28.8 Å². The lowest BCUT2D eigenvalue weighted by atomic mass is 10.0. The van der Waals surface area contributed by atoms with Crippen molar-refractivity contribution in [3.63, 3.8) is 0 Å². The van der Waals surface area contributed by atoms with Crippen molar-refractivity contribution in [3.05, 3.63) is 70.0 Å². The fraction of sp³-hybridized carbons (Fsp3) is 0.227. The molecule has 154 valence electrons. The number of halogens is 1. The van der Waals surface area contributed by atoms with Gasteiger partial charge in [-0.25, -0.2) is 9.18 Å². The lowest BCUT2D eigenvalue weighted by Gasteiger charge is -2.31. The van der Waals surface area contributed by atoms with Gasteiger partial charge in [0.2, 0.25) is 0 Å². The molecule has 2 aromatic heterocycles. The molecule has 3 aromatic rings. The van der Waals surface area contributed by atoms with Crippen molar-refractivity contribution in [1.29, 1.82) is 0 Å². The Morgan fingerprint density at radius 3 is 2.73 bits per heavy atom. The number of carboxylic acids is 1. The van der Waals surface area contributed by atoms with Gasteiger partial charge in [-0.1, -0.05) is 11.6 Å². The van der Waals surface area contributed by atoms with Crippen LogP contribution in [0.1, 0.15) is 22.3 Å². The average Bonchev–Trinajstić information content (AvgIpc) is 2.72. The first-order valence-electron chi connectivity index (χ1n) is 9.56. The average molecular weight is 408 g/mol. The lowest BCUT2D eigenvalue weighted by molar-refractivity contribution is 0.0697. The Hall–Kier alpha value is -3.68. The molecule has 0 atom stereocenters. The van der Waals surface area contributed by atoms with E-state index in [4.69, 9.17) is 0 Å². The van der Waals surface area contributed by atoms with E-state index in [0.717, 1.165) is 18.5 Å². The number of aromatic carboxylic acids is 1. The van der Waals surface area contributed by atoms with E-state index in [2.05, 4.69) is 10.3 Å². The zero-order chi connectivity index (χ0) is 21.4. The van der Waals surface area contributed by atoms with Gasteiger partial charge in [-0.3, -0.25) is 14.3 Å². The molecule has 0 bridgehead atoms. The Kier molecular flexibility index (Phi) is 4.99. The second-order valence-corrected chi connectivity index (χ2v) is 7.36. The fourth-order valence-corrected chi connectivity index (χ4v) is 3.80. The maximum Gasteiger partial charge on any atom is 0.339 e. The van der Waals surface area contributed by atoms with Crippen LogP contribution < -0.4 is 15.8 Å². The van der Waals surface area contributed by atoms with Crippen LogP contribution in [0.25, 0.3) is 11.1 Å². The van der Waals surface area contributed by atoms with Crippen LogP contribution in [-0.2, 0) is 6.54 Å². The number of nitrogens with zero attached hydrogens (tertiary/aromatic N) is 3. The molecule has 0 radical (unpaired) electrons. The number of pyridine rings is 2. The highest BCUT2D eigenvalue weighted by Crippen LogP contribution is 2.34. The Balaban J connectivity index is 1.95. The molecule has 2 N–H and O–H groups in total. The second-order valence-electron chi connectivity index (χ2n) is 7.36. The molecule has 7 nitrogen and oxygen atoms in total. The molecule has 0 amide bonds. The number of anilines is 3. The van der Waals surface area contributed by atoms with Gasteiger partial charge in [0.25, 0.3) is 5.56 Å². The van der Waals surface area contributed by atoms with Gasteiger partial charge in [0.15, 0.2) is 0 Å². The molecule has 0 saturated carbocycles. The number of aryl methyl sites for hydroxylation is 1. The minimum absolute atomic E-state index is 0.00389. The van der Waals surface area contributed by atoms with E-state index in [1.807, 2.05) is 18.9 Å². The largest absolute Gasteiger partial charge is 0.478 e. The van der Waals surface area contributed by atoms with Crippen molar-refractivity contribution in [3.8, 4) is 11.1 Å². The van der Waals surface area contributed by atoms with E-state index < -0.39 is 11.8 Å². The molecule has 0 spiro atoms. The van der Waals surface area contributed by atoms with Gasteiger partial charge in [-0.15, -0.1) is 0 Å². The van der Waals surface area contributed by atoms with Gasteiger partial charge >= 0.3 is 5.97 Å². The van der Waals surface area contributed by atoms with Crippen LogP contribution in [0.2, 0.25) is 0 Å². The number of rotatable bonds is 4. The molecule has 0 aliphatic carbocycles. The van der Waals surface area contributed by atoms with Crippen molar-refractivity contribution in [2.24, 2.45) is 0 Å². The molecule has 0 unspecified atom stereocenters. The summed E-state index contributed by atoms with van der Waals surface area (Å²) in [6.45, 7) is 3.08. The number of fused-ring (bicyclic) bond motifs is 1. The summed E-state index contributed by atoms with van der Waals surface area (Å²) < 4.78 is 16.2. The van der Waals surface area contributed by atoms with E-state index in [0.29, 0.717) is 23.7 Å². The highest BCUT2D eigenvalue weighted by Gasteiger charge is 2.24. The van der Waals surface area contributed by atoms with Crippen molar-refractivity contribution >= 4 is 23.2 Å².